The maximum Gasteiger partial charge on any atom is 0.337 e. The molecule has 0 spiro atoms. The van der Waals surface area contributed by atoms with Crippen molar-refractivity contribution < 1.29 is 19.0 Å². The largest absolute Gasteiger partial charge is 0.465 e. The molecule has 0 fully saturated rings. The molecule has 1 aliphatic rings. The number of hydrogen-bond donors (Lipinski definition) is 1. The minimum Gasteiger partial charge on any atom is -0.465 e. The van der Waals surface area contributed by atoms with Crippen molar-refractivity contribution in [1.29, 1.82) is 0 Å². The SMILES string of the molecule is COC(=O)c1ccc(-c2nc(CNC(C)(C)c3ccc4c(c3)OCO4)cs2)cc1. The maximum atomic E-state index is 11.6. The van der Waals surface area contributed by atoms with Gasteiger partial charge in [-0.15, -0.1) is 11.3 Å². The van der Waals surface area contributed by atoms with Gasteiger partial charge in [0.2, 0.25) is 6.79 Å². The van der Waals surface area contributed by atoms with Crippen LogP contribution in [0.3, 0.4) is 0 Å². The number of nitrogens with one attached hydrogen (secondary N) is 1. The van der Waals surface area contributed by atoms with Gasteiger partial charge in [0.15, 0.2) is 11.5 Å². The number of benzene rings is 2. The lowest BCUT2D eigenvalue weighted by Gasteiger charge is -2.27. The number of rotatable bonds is 6. The maximum absolute atomic E-state index is 11.6. The van der Waals surface area contributed by atoms with E-state index in [9.17, 15) is 4.79 Å². The summed E-state index contributed by atoms with van der Waals surface area (Å²) in [5, 5.41) is 6.53. The molecule has 2 heterocycles. The molecule has 0 atom stereocenters. The van der Waals surface area contributed by atoms with E-state index >= 15 is 0 Å². The molecule has 3 aromatic rings. The Hall–Kier alpha value is -2.90. The number of fused-ring (bicyclic) bond motifs is 1. The lowest BCUT2D eigenvalue weighted by molar-refractivity contribution is 0.0600. The van der Waals surface area contributed by atoms with Crippen molar-refractivity contribution in [3.05, 3.63) is 64.7 Å². The highest BCUT2D eigenvalue weighted by Crippen LogP contribution is 2.35. The zero-order valence-electron chi connectivity index (χ0n) is 16.5. The highest BCUT2D eigenvalue weighted by molar-refractivity contribution is 7.13. The average molecular weight is 410 g/mol. The number of methoxy groups -OCH3 is 1. The lowest BCUT2D eigenvalue weighted by Crippen LogP contribution is -2.36. The van der Waals surface area contributed by atoms with Crippen LogP contribution < -0.4 is 14.8 Å². The third kappa shape index (κ3) is 4.11. The highest BCUT2D eigenvalue weighted by atomic mass is 32.1. The quantitative estimate of drug-likeness (QED) is 0.609. The van der Waals surface area contributed by atoms with Gasteiger partial charge in [0.25, 0.3) is 0 Å². The normalized spacial score (nSPS) is 12.8. The predicted molar refractivity (Wildman–Crippen MR) is 111 cm³/mol. The topological polar surface area (TPSA) is 69.7 Å². The second kappa shape index (κ2) is 7.85. The van der Waals surface area contributed by atoms with Crippen molar-refractivity contribution in [2.45, 2.75) is 25.9 Å². The van der Waals surface area contributed by atoms with Crippen LogP contribution >= 0.6 is 11.3 Å². The smallest absolute Gasteiger partial charge is 0.337 e. The molecule has 4 rings (SSSR count). The van der Waals surface area contributed by atoms with Crippen molar-refractivity contribution in [3.8, 4) is 22.1 Å². The van der Waals surface area contributed by atoms with E-state index in [0.717, 1.165) is 33.3 Å². The molecule has 0 bridgehead atoms. The Kier molecular flexibility index (Phi) is 5.25. The molecule has 0 saturated heterocycles. The second-order valence-electron chi connectivity index (χ2n) is 7.26. The summed E-state index contributed by atoms with van der Waals surface area (Å²) in [6.07, 6.45) is 0. The number of carbonyl (C=O) groups excluding carboxylic acids is 1. The lowest BCUT2D eigenvalue weighted by atomic mass is 9.94. The van der Waals surface area contributed by atoms with Crippen LogP contribution in [0, 0.1) is 0 Å². The molecular formula is C22H22N2O4S. The molecule has 0 saturated carbocycles. The van der Waals surface area contributed by atoms with Gasteiger partial charge in [0, 0.05) is 23.0 Å². The van der Waals surface area contributed by atoms with Crippen molar-refractivity contribution >= 4 is 17.3 Å². The Bertz CT molecular complexity index is 1030. The van der Waals surface area contributed by atoms with E-state index in [-0.39, 0.29) is 18.3 Å². The van der Waals surface area contributed by atoms with Crippen LogP contribution in [0.4, 0.5) is 0 Å². The minimum atomic E-state index is -0.341. The summed E-state index contributed by atoms with van der Waals surface area (Å²) in [6.45, 7) is 5.17. The minimum absolute atomic E-state index is 0.257. The van der Waals surface area contributed by atoms with Crippen molar-refractivity contribution in [2.75, 3.05) is 13.9 Å². The van der Waals surface area contributed by atoms with E-state index in [4.69, 9.17) is 19.2 Å². The van der Waals surface area contributed by atoms with E-state index in [2.05, 4.69) is 25.2 Å². The Morgan fingerprint density at radius 3 is 2.69 bits per heavy atom. The molecule has 150 valence electrons. The zero-order valence-corrected chi connectivity index (χ0v) is 17.3. The van der Waals surface area contributed by atoms with E-state index in [1.807, 2.05) is 29.6 Å². The highest BCUT2D eigenvalue weighted by Gasteiger charge is 2.23. The van der Waals surface area contributed by atoms with Crippen LogP contribution in [0.25, 0.3) is 10.6 Å². The zero-order chi connectivity index (χ0) is 20.4. The summed E-state index contributed by atoms with van der Waals surface area (Å²) in [5.41, 5.74) is 3.34. The Morgan fingerprint density at radius 2 is 1.93 bits per heavy atom. The van der Waals surface area contributed by atoms with Crippen LogP contribution in [-0.4, -0.2) is 24.9 Å². The number of nitrogens with zero attached hydrogens (tertiary/aromatic N) is 1. The third-order valence-electron chi connectivity index (χ3n) is 4.91. The second-order valence-corrected chi connectivity index (χ2v) is 8.12. The van der Waals surface area contributed by atoms with Crippen molar-refractivity contribution in [3.63, 3.8) is 0 Å². The molecule has 29 heavy (non-hydrogen) atoms. The van der Waals surface area contributed by atoms with Crippen LogP contribution in [0.5, 0.6) is 11.5 Å². The van der Waals surface area contributed by atoms with Crippen molar-refractivity contribution in [2.24, 2.45) is 0 Å². The fourth-order valence-electron chi connectivity index (χ4n) is 3.09. The number of ether oxygens (including phenoxy) is 3. The van der Waals surface area contributed by atoms with Gasteiger partial charge in [0.1, 0.15) is 5.01 Å². The Balaban J connectivity index is 1.43. The summed E-state index contributed by atoms with van der Waals surface area (Å²) in [4.78, 5) is 16.3. The van der Waals surface area contributed by atoms with Crippen LogP contribution in [0.2, 0.25) is 0 Å². The molecular weight excluding hydrogens is 388 g/mol. The first kappa shape index (κ1) is 19.4. The van der Waals surface area contributed by atoms with E-state index in [1.54, 1.807) is 23.5 Å². The van der Waals surface area contributed by atoms with Crippen molar-refractivity contribution in [1.82, 2.24) is 10.3 Å². The molecule has 1 aliphatic heterocycles. The monoisotopic (exact) mass is 410 g/mol. The number of esters is 1. The molecule has 1 aromatic heterocycles. The van der Waals surface area contributed by atoms with Gasteiger partial charge in [-0.25, -0.2) is 9.78 Å². The molecule has 0 amide bonds. The Labute approximate surface area is 173 Å². The van der Waals surface area contributed by atoms with Crippen LogP contribution in [-0.2, 0) is 16.8 Å². The number of aromatic nitrogens is 1. The predicted octanol–water partition coefficient (Wildman–Crippen LogP) is 4.35. The molecule has 7 heteroatoms. The number of hydrogen-bond acceptors (Lipinski definition) is 7. The van der Waals surface area contributed by atoms with Gasteiger partial charge in [0.05, 0.1) is 18.4 Å². The molecule has 6 nitrogen and oxygen atoms in total. The third-order valence-corrected chi connectivity index (χ3v) is 5.85. The standard InChI is InChI=1S/C22H22N2O4S/c1-22(2,16-8-9-18-19(10-16)28-13-27-18)23-11-17-12-29-20(24-17)14-4-6-15(7-5-14)21(25)26-3/h4-10,12,23H,11,13H2,1-3H3. The van der Waals surface area contributed by atoms with E-state index < -0.39 is 0 Å². The van der Waals surface area contributed by atoms with Crippen LogP contribution in [0.1, 0.15) is 35.5 Å². The first-order valence-electron chi connectivity index (χ1n) is 9.24. The number of carbonyl (C=O) groups is 1. The summed E-state index contributed by atoms with van der Waals surface area (Å²) < 4.78 is 15.6. The van der Waals surface area contributed by atoms with Gasteiger partial charge in [-0.3, -0.25) is 0 Å². The summed E-state index contributed by atoms with van der Waals surface area (Å²) >= 11 is 1.58. The van der Waals surface area contributed by atoms with Gasteiger partial charge >= 0.3 is 5.97 Å². The molecule has 0 unspecified atom stereocenters. The first-order chi connectivity index (χ1) is 14.0. The number of thiazole rings is 1. The van der Waals surface area contributed by atoms with Gasteiger partial charge in [-0.2, -0.15) is 0 Å². The van der Waals surface area contributed by atoms with Crippen LogP contribution in [0.15, 0.2) is 47.8 Å². The fourth-order valence-corrected chi connectivity index (χ4v) is 3.91. The fraction of sp³-hybridized carbons (Fsp3) is 0.273. The summed E-state index contributed by atoms with van der Waals surface area (Å²) in [6, 6.07) is 13.3. The average Bonchev–Trinajstić information content (AvgIpc) is 3.40. The molecule has 0 aliphatic carbocycles. The molecule has 1 N–H and O–H groups in total. The van der Waals surface area contributed by atoms with Gasteiger partial charge < -0.3 is 19.5 Å². The first-order valence-corrected chi connectivity index (χ1v) is 10.1. The summed E-state index contributed by atoms with van der Waals surface area (Å²) in [5.74, 6) is 1.22. The van der Waals surface area contributed by atoms with E-state index in [1.165, 1.54) is 7.11 Å². The Morgan fingerprint density at radius 1 is 1.17 bits per heavy atom. The molecule has 2 aromatic carbocycles. The van der Waals surface area contributed by atoms with Gasteiger partial charge in [-0.1, -0.05) is 18.2 Å². The summed E-state index contributed by atoms with van der Waals surface area (Å²) in [7, 11) is 1.38. The molecule has 0 radical (unpaired) electrons. The van der Waals surface area contributed by atoms with Gasteiger partial charge in [-0.05, 0) is 43.7 Å². The van der Waals surface area contributed by atoms with E-state index in [0.29, 0.717) is 12.1 Å².